The molecule has 136 valence electrons. The van der Waals surface area contributed by atoms with Crippen molar-refractivity contribution in [2.75, 3.05) is 40.0 Å². The average molecular weight is 346 g/mol. The van der Waals surface area contributed by atoms with Gasteiger partial charge in [0, 0.05) is 31.6 Å². The number of ether oxygens (including phenoxy) is 2. The maximum atomic E-state index is 13.2. The molecule has 0 aromatic heterocycles. The molecule has 6 nitrogen and oxygen atoms in total. The number of rotatable bonds is 4. The summed E-state index contributed by atoms with van der Waals surface area (Å²) in [7, 11) is 1.62. The highest BCUT2D eigenvalue weighted by Gasteiger charge is 2.42. The summed E-state index contributed by atoms with van der Waals surface area (Å²) in [6.07, 6.45) is 0.995. The summed E-state index contributed by atoms with van der Waals surface area (Å²) < 4.78 is 10.9. The van der Waals surface area contributed by atoms with E-state index in [0.717, 1.165) is 11.3 Å². The van der Waals surface area contributed by atoms with Gasteiger partial charge in [-0.05, 0) is 19.4 Å². The number of amides is 2. The molecule has 6 heteroatoms. The normalized spacial score (nSPS) is 24.3. The Morgan fingerprint density at radius 3 is 2.68 bits per heavy atom. The minimum atomic E-state index is -0.280. The predicted molar refractivity (Wildman–Crippen MR) is 93.2 cm³/mol. The maximum Gasteiger partial charge on any atom is 0.228 e. The molecular weight excluding hydrogens is 320 g/mol. The summed E-state index contributed by atoms with van der Waals surface area (Å²) in [5, 5.41) is 0. The quantitative estimate of drug-likeness (QED) is 0.835. The number of carbonyl (C=O) groups excluding carboxylic acids is 2. The molecule has 1 aromatic rings. The number of likely N-dealkylation sites (tertiary alicyclic amines) is 1. The lowest BCUT2D eigenvalue weighted by molar-refractivity contribution is -0.150. The summed E-state index contributed by atoms with van der Waals surface area (Å²) in [6, 6.07) is 7.41. The van der Waals surface area contributed by atoms with E-state index in [0.29, 0.717) is 45.7 Å². The smallest absolute Gasteiger partial charge is 0.228 e. The maximum absolute atomic E-state index is 13.2. The SMILES string of the molecule is CCN1C(=O)CC[C@@H](C(=O)N2CCOCC2)[C@@H]1c1ccccc1OC. The largest absolute Gasteiger partial charge is 0.496 e. The van der Waals surface area contributed by atoms with Gasteiger partial charge >= 0.3 is 0 Å². The van der Waals surface area contributed by atoms with Crippen molar-refractivity contribution in [2.45, 2.75) is 25.8 Å². The number of morpholine rings is 1. The van der Waals surface area contributed by atoms with Crippen LogP contribution in [-0.2, 0) is 14.3 Å². The molecule has 0 N–H and O–H groups in total. The Labute approximate surface area is 148 Å². The molecule has 1 aromatic carbocycles. The molecule has 2 aliphatic rings. The van der Waals surface area contributed by atoms with E-state index in [2.05, 4.69) is 0 Å². The molecule has 0 saturated carbocycles. The van der Waals surface area contributed by atoms with Gasteiger partial charge in [0.2, 0.25) is 11.8 Å². The van der Waals surface area contributed by atoms with Crippen molar-refractivity contribution in [3.05, 3.63) is 29.8 Å². The summed E-state index contributed by atoms with van der Waals surface area (Å²) in [6.45, 7) is 4.93. The van der Waals surface area contributed by atoms with Gasteiger partial charge < -0.3 is 19.3 Å². The molecule has 3 rings (SSSR count). The van der Waals surface area contributed by atoms with Crippen LogP contribution in [0.5, 0.6) is 5.75 Å². The van der Waals surface area contributed by atoms with E-state index in [1.54, 1.807) is 7.11 Å². The number of nitrogens with zero attached hydrogens (tertiary/aromatic N) is 2. The number of benzene rings is 1. The fourth-order valence-electron chi connectivity index (χ4n) is 3.90. The lowest BCUT2D eigenvalue weighted by Crippen LogP contribution is -2.51. The van der Waals surface area contributed by atoms with Crippen LogP contribution in [0.25, 0.3) is 0 Å². The fourth-order valence-corrected chi connectivity index (χ4v) is 3.90. The van der Waals surface area contributed by atoms with Crippen LogP contribution < -0.4 is 4.74 Å². The molecule has 0 spiro atoms. The molecule has 2 amide bonds. The number of methoxy groups -OCH3 is 1. The second kappa shape index (κ2) is 7.87. The van der Waals surface area contributed by atoms with Crippen LogP contribution in [0.2, 0.25) is 0 Å². The second-order valence-electron chi connectivity index (χ2n) is 6.45. The first-order valence-corrected chi connectivity index (χ1v) is 8.96. The van der Waals surface area contributed by atoms with Crippen molar-refractivity contribution in [3.8, 4) is 5.75 Å². The third-order valence-corrected chi connectivity index (χ3v) is 5.14. The van der Waals surface area contributed by atoms with Gasteiger partial charge in [0.25, 0.3) is 0 Å². The van der Waals surface area contributed by atoms with Crippen molar-refractivity contribution in [2.24, 2.45) is 5.92 Å². The van der Waals surface area contributed by atoms with Gasteiger partial charge in [0.15, 0.2) is 0 Å². The summed E-state index contributed by atoms with van der Waals surface area (Å²) in [5.74, 6) is 0.696. The molecule has 0 bridgehead atoms. The number of para-hydroxylation sites is 1. The summed E-state index contributed by atoms with van der Waals surface area (Å²) >= 11 is 0. The van der Waals surface area contributed by atoms with Crippen LogP contribution >= 0.6 is 0 Å². The standard InChI is InChI=1S/C19H26N2O4/c1-3-21-17(22)9-8-15(19(23)20-10-12-25-13-11-20)18(21)14-6-4-5-7-16(14)24-2/h4-7,15,18H,3,8-13H2,1-2H3/t15-,18+/m1/s1. The van der Waals surface area contributed by atoms with Gasteiger partial charge in [-0.1, -0.05) is 18.2 Å². The van der Waals surface area contributed by atoms with Crippen LogP contribution in [0, 0.1) is 5.92 Å². The molecular formula is C19H26N2O4. The zero-order valence-corrected chi connectivity index (χ0v) is 14.9. The molecule has 2 fully saturated rings. The molecule has 25 heavy (non-hydrogen) atoms. The third-order valence-electron chi connectivity index (χ3n) is 5.14. The van der Waals surface area contributed by atoms with E-state index >= 15 is 0 Å². The number of piperidine rings is 1. The number of carbonyl (C=O) groups is 2. The number of hydrogen-bond donors (Lipinski definition) is 0. The average Bonchev–Trinajstić information content (AvgIpc) is 2.67. The van der Waals surface area contributed by atoms with Crippen molar-refractivity contribution < 1.29 is 19.1 Å². The van der Waals surface area contributed by atoms with Crippen LogP contribution in [-0.4, -0.2) is 61.6 Å². The Bertz CT molecular complexity index is 628. The van der Waals surface area contributed by atoms with Crippen LogP contribution in [0.15, 0.2) is 24.3 Å². The first kappa shape index (κ1) is 17.7. The van der Waals surface area contributed by atoms with E-state index in [4.69, 9.17) is 9.47 Å². The van der Waals surface area contributed by atoms with Crippen molar-refractivity contribution >= 4 is 11.8 Å². The van der Waals surface area contributed by atoms with Gasteiger partial charge in [-0.2, -0.15) is 0 Å². The molecule has 0 radical (unpaired) electrons. The Morgan fingerprint density at radius 1 is 1.28 bits per heavy atom. The Balaban J connectivity index is 1.96. The van der Waals surface area contributed by atoms with Gasteiger partial charge in [0.05, 0.1) is 32.3 Å². The lowest BCUT2D eigenvalue weighted by Gasteiger charge is -2.42. The van der Waals surface area contributed by atoms with E-state index in [1.807, 2.05) is 41.0 Å². The second-order valence-corrected chi connectivity index (χ2v) is 6.45. The van der Waals surface area contributed by atoms with E-state index in [1.165, 1.54) is 0 Å². The fraction of sp³-hybridized carbons (Fsp3) is 0.579. The molecule has 2 saturated heterocycles. The zero-order chi connectivity index (χ0) is 17.8. The lowest BCUT2D eigenvalue weighted by atomic mass is 9.82. The highest BCUT2D eigenvalue weighted by molar-refractivity contribution is 5.85. The molecule has 2 atom stereocenters. The molecule has 2 aliphatic heterocycles. The topological polar surface area (TPSA) is 59.1 Å². The van der Waals surface area contributed by atoms with Crippen molar-refractivity contribution in [1.82, 2.24) is 9.80 Å². The molecule has 2 heterocycles. The van der Waals surface area contributed by atoms with Crippen LogP contribution in [0.4, 0.5) is 0 Å². The first-order valence-electron chi connectivity index (χ1n) is 8.96. The van der Waals surface area contributed by atoms with Crippen molar-refractivity contribution in [3.63, 3.8) is 0 Å². The van der Waals surface area contributed by atoms with E-state index < -0.39 is 0 Å². The number of hydrogen-bond acceptors (Lipinski definition) is 4. The monoisotopic (exact) mass is 346 g/mol. The summed E-state index contributed by atoms with van der Waals surface area (Å²) in [4.78, 5) is 29.4. The highest BCUT2D eigenvalue weighted by atomic mass is 16.5. The zero-order valence-electron chi connectivity index (χ0n) is 14.9. The van der Waals surface area contributed by atoms with Crippen molar-refractivity contribution in [1.29, 1.82) is 0 Å². The van der Waals surface area contributed by atoms with E-state index in [-0.39, 0.29) is 23.8 Å². The van der Waals surface area contributed by atoms with Gasteiger partial charge in [-0.25, -0.2) is 0 Å². The molecule has 0 aliphatic carbocycles. The minimum absolute atomic E-state index is 0.101. The Hall–Kier alpha value is -2.08. The minimum Gasteiger partial charge on any atom is -0.496 e. The Kier molecular flexibility index (Phi) is 5.58. The molecule has 0 unspecified atom stereocenters. The van der Waals surface area contributed by atoms with Gasteiger partial charge in [-0.15, -0.1) is 0 Å². The first-order chi connectivity index (χ1) is 12.2. The van der Waals surface area contributed by atoms with Crippen LogP contribution in [0.3, 0.4) is 0 Å². The predicted octanol–water partition coefficient (Wildman–Crippen LogP) is 1.85. The third kappa shape index (κ3) is 3.49. The van der Waals surface area contributed by atoms with Gasteiger partial charge in [-0.3, -0.25) is 9.59 Å². The highest BCUT2D eigenvalue weighted by Crippen LogP contribution is 2.41. The van der Waals surface area contributed by atoms with Gasteiger partial charge in [0.1, 0.15) is 5.75 Å². The van der Waals surface area contributed by atoms with Crippen LogP contribution in [0.1, 0.15) is 31.4 Å². The Morgan fingerprint density at radius 2 is 2.00 bits per heavy atom. The summed E-state index contributed by atoms with van der Waals surface area (Å²) in [5.41, 5.74) is 0.909. The van der Waals surface area contributed by atoms with E-state index in [9.17, 15) is 9.59 Å².